The first-order valence-electron chi connectivity index (χ1n) is 7.44. The van der Waals surface area contributed by atoms with E-state index >= 15 is 0 Å². The molecule has 0 atom stereocenters. The molecule has 0 spiro atoms. The molecule has 1 heterocycles. The van der Waals surface area contributed by atoms with Crippen molar-refractivity contribution < 1.29 is 15.0 Å². The summed E-state index contributed by atoms with van der Waals surface area (Å²) in [5.41, 5.74) is 2.65. The minimum atomic E-state index is -0.0743. The molecular formula is C19H17NO3S. The summed E-state index contributed by atoms with van der Waals surface area (Å²) in [6.07, 6.45) is 0. The highest BCUT2D eigenvalue weighted by Crippen LogP contribution is 2.28. The summed E-state index contributed by atoms with van der Waals surface area (Å²) in [5.74, 6) is 0.318. The van der Waals surface area contributed by atoms with Crippen LogP contribution in [0.1, 0.15) is 15.2 Å². The van der Waals surface area contributed by atoms with Crippen LogP contribution in [0.25, 0.3) is 11.1 Å². The Morgan fingerprint density at radius 3 is 2.42 bits per heavy atom. The molecule has 3 aromatic rings. The van der Waals surface area contributed by atoms with Crippen LogP contribution in [0.3, 0.4) is 0 Å². The van der Waals surface area contributed by atoms with Gasteiger partial charge >= 0.3 is 0 Å². The van der Waals surface area contributed by atoms with Crippen LogP contribution in [0, 0.1) is 0 Å². The Balaban J connectivity index is 1.75. The smallest absolute Gasteiger partial charge is 0.263 e. The highest BCUT2D eigenvalue weighted by Gasteiger charge is 2.15. The molecule has 0 fully saturated rings. The lowest BCUT2D eigenvalue weighted by molar-refractivity contribution is 0.0790. The number of hydrogen-bond donors (Lipinski definition) is 2. The van der Waals surface area contributed by atoms with Crippen LogP contribution >= 0.6 is 11.3 Å². The molecule has 0 saturated heterocycles. The number of benzene rings is 2. The Morgan fingerprint density at radius 1 is 1.00 bits per heavy atom. The fourth-order valence-corrected chi connectivity index (χ4v) is 3.38. The number of rotatable bonds is 4. The van der Waals surface area contributed by atoms with Crippen LogP contribution in [0.4, 0.5) is 0 Å². The molecule has 2 N–H and O–H groups in total. The Labute approximate surface area is 144 Å². The van der Waals surface area contributed by atoms with E-state index in [9.17, 15) is 15.0 Å². The molecule has 0 bridgehead atoms. The van der Waals surface area contributed by atoms with Crippen LogP contribution in [0.15, 0.2) is 60.0 Å². The summed E-state index contributed by atoms with van der Waals surface area (Å²) >= 11 is 1.38. The van der Waals surface area contributed by atoms with E-state index in [0.717, 1.165) is 16.7 Å². The molecule has 2 aromatic carbocycles. The number of amides is 1. The molecule has 0 saturated carbocycles. The van der Waals surface area contributed by atoms with E-state index in [0.29, 0.717) is 11.4 Å². The summed E-state index contributed by atoms with van der Waals surface area (Å²) in [5, 5.41) is 21.0. The number of carbonyl (C=O) groups excluding carboxylic acids is 1. The molecule has 24 heavy (non-hydrogen) atoms. The van der Waals surface area contributed by atoms with Gasteiger partial charge < -0.3 is 15.1 Å². The van der Waals surface area contributed by atoms with Crippen LogP contribution in [-0.2, 0) is 6.54 Å². The molecule has 1 aromatic heterocycles. The van der Waals surface area contributed by atoms with Crippen molar-refractivity contribution in [3.8, 4) is 22.6 Å². The molecule has 5 heteroatoms. The van der Waals surface area contributed by atoms with E-state index in [2.05, 4.69) is 0 Å². The highest BCUT2D eigenvalue weighted by atomic mass is 32.1. The zero-order valence-electron chi connectivity index (χ0n) is 13.1. The highest BCUT2D eigenvalue weighted by molar-refractivity contribution is 7.12. The zero-order valence-corrected chi connectivity index (χ0v) is 14.0. The lowest BCUT2D eigenvalue weighted by Gasteiger charge is -2.16. The SMILES string of the molecule is CN(Cc1cccc(O)c1)C(=O)c1cc(-c2cccc(O)c2)cs1. The molecule has 4 nitrogen and oxygen atoms in total. The van der Waals surface area contributed by atoms with Crippen molar-refractivity contribution in [3.63, 3.8) is 0 Å². The van der Waals surface area contributed by atoms with E-state index < -0.39 is 0 Å². The first-order valence-corrected chi connectivity index (χ1v) is 8.32. The van der Waals surface area contributed by atoms with Gasteiger partial charge in [0.2, 0.25) is 0 Å². The summed E-state index contributed by atoms with van der Waals surface area (Å²) in [7, 11) is 1.74. The van der Waals surface area contributed by atoms with E-state index in [1.54, 1.807) is 48.3 Å². The van der Waals surface area contributed by atoms with Gasteiger partial charge in [-0.05, 0) is 52.4 Å². The van der Waals surface area contributed by atoms with Crippen LogP contribution in [-0.4, -0.2) is 28.1 Å². The van der Waals surface area contributed by atoms with Gasteiger partial charge in [-0.1, -0.05) is 24.3 Å². The lowest BCUT2D eigenvalue weighted by Crippen LogP contribution is -2.25. The van der Waals surface area contributed by atoms with Gasteiger partial charge in [0.05, 0.1) is 4.88 Å². The maximum Gasteiger partial charge on any atom is 0.263 e. The third-order valence-corrected chi connectivity index (χ3v) is 4.58. The maximum atomic E-state index is 12.6. The quantitative estimate of drug-likeness (QED) is 0.752. The fraction of sp³-hybridized carbons (Fsp3) is 0.105. The van der Waals surface area contributed by atoms with Crippen LogP contribution in [0.5, 0.6) is 11.5 Å². The Bertz CT molecular complexity index is 872. The largest absolute Gasteiger partial charge is 0.508 e. The van der Waals surface area contributed by atoms with Gasteiger partial charge in [-0.15, -0.1) is 11.3 Å². The second-order valence-electron chi connectivity index (χ2n) is 5.58. The molecule has 0 radical (unpaired) electrons. The average Bonchev–Trinajstić information content (AvgIpc) is 3.04. The van der Waals surface area contributed by atoms with E-state index in [4.69, 9.17) is 0 Å². The number of phenolic OH excluding ortho intramolecular Hbond substituents is 2. The molecule has 1 amide bonds. The molecule has 3 rings (SSSR count). The van der Waals surface area contributed by atoms with Gasteiger partial charge in [-0.25, -0.2) is 0 Å². The summed E-state index contributed by atoms with van der Waals surface area (Å²) in [4.78, 5) is 14.8. The summed E-state index contributed by atoms with van der Waals surface area (Å²) in [6.45, 7) is 0.423. The molecular weight excluding hydrogens is 322 g/mol. The van der Waals surface area contributed by atoms with E-state index in [1.165, 1.54) is 11.3 Å². The number of phenols is 2. The predicted molar refractivity (Wildman–Crippen MR) is 95.3 cm³/mol. The van der Waals surface area contributed by atoms with Crippen molar-refractivity contribution >= 4 is 17.2 Å². The van der Waals surface area contributed by atoms with Crippen molar-refractivity contribution in [2.24, 2.45) is 0 Å². The zero-order chi connectivity index (χ0) is 17.1. The second-order valence-corrected chi connectivity index (χ2v) is 6.49. The third-order valence-electron chi connectivity index (χ3n) is 3.67. The lowest BCUT2D eigenvalue weighted by atomic mass is 10.1. The van der Waals surface area contributed by atoms with Crippen molar-refractivity contribution in [1.82, 2.24) is 4.90 Å². The molecule has 0 unspecified atom stereocenters. The molecule has 122 valence electrons. The number of nitrogens with zero attached hydrogens (tertiary/aromatic N) is 1. The van der Waals surface area contributed by atoms with Gasteiger partial charge in [0, 0.05) is 13.6 Å². The van der Waals surface area contributed by atoms with Crippen molar-refractivity contribution in [1.29, 1.82) is 0 Å². The normalized spacial score (nSPS) is 10.5. The van der Waals surface area contributed by atoms with E-state index in [1.807, 2.05) is 23.6 Å². The summed E-state index contributed by atoms with van der Waals surface area (Å²) < 4.78 is 0. The van der Waals surface area contributed by atoms with Gasteiger partial charge in [0.15, 0.2) is 0 Å². The Hall–Kier alpha value is -2.79. The van der Waals surface area contributed by atoms with Crippen LogP contribution < -0.4 is 0 Å². The molecule has 0 aliphatic rings. The predicted octanol–water partition coefficient (Wildman–Crippen LogP) is 4.10. The molecule has 0 aliphatic carbocycles. The minimum Gasteiger partial charge on any atom is -0.508 e. The van der Waals surface area contributed by atoms with Crippen molar-refractivity contribution in [2.75, 3.05) is 7.05 Å². The standard InChI is InChI=1S/C19H17NO3S/c1-20(11-13-4-2-6-16(21)8-13)19(23)18-10-15(12-24-18)14-5-3-7-17(22)9-14/h2-10,12,21-22H,11H2,1H3. The number of aromatic hydroxyl groups is 2. The van der Waals surface area contributed by atoms with Gasteiger partial charge in [-0.2, -0.15) is 0 Å². The number of carbonyl (C=O) groups is 1. The average molecular weight is 339 g/mol. The van der Waals surface area contributed by atoms with Gasteiger partial charge in [0.25, 0.3) is 5.91 Å². The van der Waals surface area contributed by atoms with Crippen molar-refractivity contribution in [3.05, 3.63) is 70.4 Å². The monoisotopic (exact) mass is 339 g/mol. The Morgan fingerprint density at radius 2 is 1.71 bits per heavy atom. The number of hydrogen-bond acceptors (Lipinski definition) is 4. The first kappa shape index (κ1) is 16.1. The van der Waals surface area contributed by atoms with Crippen molar-refractivity contribution in [2.45, 2.75) is 6.54 Å². The third kappa shape index (κ3) is 3.58. The Kier molecular flexibility index (Phi) is 4.53. The summed E-state index contributed by atoms with van der Waals surface area (Å²) in [6, 6.07) is 15.7. The van der Waals surface area contributed by atoms with Gasteiger partial charge in [-0.3, -0.25) is 4.79 Å². The van der Waals surface area contributed by atoms with Crippen LogP contribution in [0.2, 0.25) is 0 Å². The van der Waals surface area contributed by atoms with E-state index in [-0.39, 0.29) is 17.4 Å². The second kappa shape index (κ2) is 6.76. The maximum absolute atomic E-state index is 12.6. The van der Waals surface area contributed by atoms with Gasteiger partial charge in [0.1, 0.15) is 11.5 Å². The minimum absolute atomic E-state index is 0.0743. The fourth-order valence-electron chi connectivity index (χ4n) is 2.47. The number of thiophene rings is 1. The molecule has 0 aliphatic heterocycles. The first-order chi connectivity index (χ1) is 11.5. The topological polar surface area (TPSA) is 60.8 Å².